The fourth-order valence-corrected chi connectivity index (χ4v) is 5.48. The van der Waals surface area contributed by atoms with Crippen LogP contribution >= 0.6 is 11.3 Å². The Kier molecular flexibility index (Phi) is 4.10. The van der Waals surface area contributed by atoms with E-state index >= 15 is 0 Å². The van der Waals surface area contributed by atoms with Crippen LogP contribution in [0.1, 0.15) is 15.2 Å². The maximum atomic E-state index is 11.5. The molecular formula is C21H22N4OS. The average molecular weight is 379 g/mol. The molecule has 0 aliphatic carbocycles. The van der Waals surface area contributed by atoms with E-state index in [9.17, 15) is 4.79 Å². The van der Waals surface area contributed by atoms with Gasteiger partial charge in [-0.1, -0.05) is 30.3 Å². The molecule has 1 aromatic carbocycles. The number of nitrogens with two attached hydrogens (primary N) is 1. The SMILES string of the molecule is NC(=O)c1cc2c(N3CC4CN(Cc5ccccc5)C[C@@H]4C3)cncc2s1. The van der Waals surface area contributed by atoms with Crippen molar-refractivity contribution in [2.45, 2.75) is 6.54 Å². The number of likely N-dealkylation sites (tertiary alicyclic amines) is 1. The van der Waals surface area contributed by atoms with Gasteiger partial charge in [-0.2, -0.15) is 0 Å². The van der Waals surface area contributed by atoms with Crippen molar-refractivity contribution in [3.05, 3.63) is 59.2 Å². The van der Waals surface area contributed by atoms with Crippen LogP contribution in [-0.2, 0) is 6.54 Å². The van der Waals surface area contributed by atoms with Crippen molar-refractivity contribution in [3.8, 4) is 0 Å². The smallest absolute Gasteiger partial charge is 0.258 e. The van der Waals surface area contributed by atoms with E-state index in [1.165, 1.54) is 16.9 Å². The Bertz CT molecular complexity index is 972. The number of aromatic nitrogens is 1. The van der Waals surface area contributed by atoms with Crippen LogP contribution < -0.4 is 10.6 Å². The van der Waals surface area contributed by atoms with Crippen molar-refractivity contribution in [2.24, 2.45) is 17.6 Å². The molecule has 2 aliphatic rings. The Morgan fingerprint density at radius 2 is 1.85 bits per heavy atom. The highest BCUT2D eigenvalue weighted by Gasteiger charge is 2.40. The molecule has 2 aromatic heterocycles. The van der Waals surface area contributed by atoms with Crippen molar-refractivity contribution >= 4 is 33.0 Å². The van der Waals surface area contributed by atoms with Crippen molar-refractivity contribution in [3.63, 3.8) is 0 Å². The van der Waals surface area contributed by atoms with Crippen LogP contribution in [0.4, 0.5) is 5.69 Å². The summed E-state index contributed by atoms with van der Waals surface area (Å²) in [5, 5.41) is 1.10. The second kappa shape index (κ2) is 6.62. The number of nitrogens with zero attached hydrogens (tertiary/aromatic N) is 3. The Hall–Kier alpha value is -2.44. The van der Waals surface area contributed by atoms with E-state index in [0.29, 0.717) is 16.7 Å². The minimum atomic E-state index is -0.364. The predicted octanol–water partition coefficient (Wildman–Crippen LogP) is 2.96. The van der Waals surface area contributed by atoms with Gasteiger partial charge in [0.25, 0.3) is 5.91 Å². The first-order chi connectivity index (χ1) is 13.2. The van der Waals surface area contributed by atoms with E-state index in [-0.39, 0.29) is 5.91 Å². The number of hydrogen-bond donors (Lipinski definition) is 1. The van der Waals surface area contributed by atoms with Gasteiger partial charge in [0.1, 0.15) is 0 Å². The molecule has 5 rings (SSSR count). The van der Waals surface area contributed by atoms with E-state index in [1.54, 1.807) is 0 Å². The molecule has 2 N–H and O–H groups in total. The Labute approximate surface area is 162 Å². The number of amides is 1. The predicted molar refractivity (Wildman–Crippen MR) is 109 cm³/mol. The molecule has 4 heterocycles. The lowest BCUT2D eigenvalue weighted by molar-refractivity contribution is 0.100. The van der Waals surface area contributed by atoms with E-state index in [2.05, 4.69) is 45.1 Å². The minimum absolute atomic E-state index is 0.364. The number of benzene rings is 1. The zero-order valence-corrected chi connectivity index (χ0v) is 15.9. The van der Waals surface area contributed by atoms with Gasteiger partial charge in [-0.25, -0.2) is 0 Å². The molecule has 2 atom stereocenters. The summed E-state index contributed by atoms with van der Waals surface area (Å²) in [6.45, 7) is 5.44. The van der Waals surface area contributed by atoms with Crippen LogP contribution in [0.15, 0.2) is 48.8 Å². The van der Waals surface area contributed by atoms with Gasteiger partial charge in [0.05, 0.1) is 21.5 Å². The molecule has 1 amide bonds. The first-order valence-corrected chi connectivity index (χ1v) is 10.2. The molecule has 1 unspecified atom stereocenters. The summed E-state index contributed by atoms with van der Waals surface area (Å²) in [6.07, 6.45) is 3.76. The van der Waals surface area contributed by atoms with Crippen molar-refractivity contribution in [1.29, 1.82) is 0 Å². The highest BCUT2D eigenvalue weighted by molar-refractivity contribution is 7.20. The minimum Gasteiger partial charge on any atom is -0.369 e. The lowest BCUT2D eigenvalue weighted by Crippen LogP contribution is -2.28. The van der Waals surface area contributed by atoms with E-state index in [4.69, 9.17) is 5.73 Å². The molecular weight excluding hydrogens is 356 g/mol. The lowest BCUT2D eigenvalue weighted by atomic mass is 10.0. The molecule has 27 heavy (non-hydrogen) atoms. The summed E-state index contributed by atoms with van der Waals surface area (Å²) >= 11 is 1.43. The largest absolute Gasteiger partial charge is 0.369 e. The van der Waals surface area contributed by atoms with Gasteiger partial charge in [-0.05, 0) is 23.5 Å². The summed E-state index contributed by atoms with van der Waals surface area (Å²) in [6, 6.07) is 12.6. The number of thiophene rings is 1. The van der Waals surface area contributed by atoms with Gasteiger partial charge in [-0.3, -0.25) is 14.7 Å². The third kappa shape index (κ3) is 3.09. The molecule has 138 valence electrons. The van der Waals surface area contributed by atoms with Crippen LogP contribution in [0.25, 0.3) is 10.1 Å². The summed E-state index contributed by atoms with van der Waals surface area (Å²) in [5.74, 6) is 1.02. The third-order valence-electron chi connectivity index (χ3n) is 5.82. The fraction of sp³-hybridized carbons (Fsp3) is 0.333. The maximum absolute atomic E-state index is 11.5. The topological polar surface area (TPSA) is 62.5 Å². The number of fused-ring (bicyclic) bond motifs is 2. The van der Waals surface area contributed by atoms with Crippen LogP contribution in [-0.4, -0.2) is 42.0 Å². The molecule has 3 aromatic rings. The number of carbonyl (C=O) groups excluding carboxylic acids is 1. The van der Waals surface area contributed by atoms with Crippen LogP contribution in [0.2, 0.25) is 0 Å². The first-order valence-electron chi connectivity index (χ1n) is 9.36. The van der Waals surface area contributed by atoms with Gasteiger partial charge in [0, 0.05) is 44.3 Å². The van der Waals surface area contributed by atoms with Gasteiger partial charge >= 0.3 is 0 Å². The summed E-state index contributed by atoms with van der Waals surface area (Å²) in [5.41, 5.74) is 7.99. The number of carbonyl (C=O) groups is 1. The Morgan fingerprint density at radius 1 is 1.11 bits per heavy atom. The summed E-state index contributed by atoms with van der Waals surface area (Å²) in [7, 11) is 0. The van der Waals surface area contributed by atoms with E-state index in [1.807, 2.05) is 18.5 Å². The molecule has 0 radical (unpaired) electrons. The number of anilines is 1. The van der Waals surface area contributed by atoms with Gasteiger partial charge in [0.2, 0.25) is 0 Å². The molecule has 2 aliphatic heterocycles. The highest BCUT2D eigenvalue weighted by atomic mass is 32.1. The summed E-state index contributed by atoms with van der Waals surface area (Å²) in [4.78, 5) is 21.6. The average Bonchev–Trinajstić information content (AvgIpc) is 3.34. The highest BCUT2D eigenvalue weighted by Crippen LogP contribution is 2.38. The van der Waals surface area contributed by atoms with Crippen LogP contribution in [0, 0.1) is 11.8 Å². The van der Waals surface area contributed by atoms with Crippen LogP contribution in [0.3, 0.4) is 0 Å². The zero-order valence-electron chi connectivity index (χ0n) is 15.0. The third-order valence-corrected chi connectivity index (χ3v) is 6.90. The molecule has 5 nitrogen and oxygen atoms in total. The molecule has 2 saturated heterocycles. The first kappa shape index (κ1) is 16.7. The monoisotopic (exact) mass is 378 g/mol. The maximum Gasteiger partial charge on any atom is 0.258 e. The number of primary amides is 1. The standard InChI is InChI=1S/C21H22N4OS/c22-21(26)19-6-17-18(7-23-8-20(17)27-19)25-12-15-10-24(11-16(15)13-25)9-14-4-2-1-3-5-14/h1-8,15-16H,9-13H2,(H2,22,26)/t15-,16?/m1/s1. The normalized spacial score (nSPS) is 22.4. The van der Waals surface area contributed by atoms with Crippen LogP contribution in [0.5, 0.6) is 0 Å². The van der Waals surface area contributed by atoms with Crippen molar-refractivity contribution < 1.29 is 4.79 Å². The summed E-state index contributed by atoms with van der Waals surface area (Å²) < 4.78 is 1.03. The van der Waals surface area contributed by atoms with E-state index in [0.717, 1.165) is 48.5 Å². The quantitative estimate of drug-likeness (QED) is 0.758. The van der Waals surface area contributed by atoms with Crippen molar-refractivity contribution in [1.82, 2.24) is 9.88 Å². The van der Waals surface area contributed by atoms with Gasteiger partial charge in [0.15, 0.2) is 0 Å². The molecule has 2 fully saturated rings. The lowest BCUT2D eigenvalue weighted by Gasteiger charge is -2.23. The molecule has 0 bridgehead atoms. The van der Waals surface area contributed by atoms with Gasteiger partial charge < -0.3 is 10.6 Å². The zero-order chi connectivity index (χ0) is 18.4. The molecule has 0 saturated carbocycles. The molecule has 0 spiro atoms. The number of rotatable bonds is 4. The number of pyridine rings is 1. The second-order valence-corrected chi connectivity index (χ2v) is 8.73. The number of hydrogen-bond acceptors (Lipinski definition) is 5. The Morgan fingerprint density at radius 3 is 2.56 bits per heavy atom. The van der Waals surface area contributed by atoms with Crippen molar-refractivity contribution in [2.75, 3.05) is 31.1 Å². The van der Waals surface area contributed by atoms with Gasteiger partial charge in [-0.15, -0.1) is 11.3 Å². The fourth-order valence-electron chi connectivity index (χ4n) is 4.58. The second-order valence-electron chi connectivity index (χ2n) is 7.65. The van der Waals surface area contributed by atoms with E-state index < -0.39 is 0 Å². The molecule has 6 heteroatoms. The Balaban J connectivity index is 1.32.